The first-order valence-corrected chi connectivity index (χ1v) is 4.88. The van der Waals surface area contributed by atoms with Crippen molar-refractivity contribution in [3.63, 3.8) is 0 Å². The maximum Gasteiger partial charge on any atom is 0.308 e. The minimum atomic E-state index is -1.07. The maximum absolute atomic E-state index is 11.8. The smallest absolute Gasteiger partial charge is 0.308 e. The molecule has 88 valence electrons. The van der Waals surface area contributed by atoms with Gasteiger partial charge >= 0.3 is 5.97 Å². The van der Waals surface area contributed by atoms with E-state index in [-0.39, 0.29) is 17.7 Å². The SMILES string of the molecule is O=C(O)Cc1c[nH]n(-c2cccc(O)c2)c1=O. The molecule has 2 rings (SSSR count). The molecule has 0 amide bonds. The van der Waals surface area contributed by atoms with Crippen LogP contribution in [0.1, 0.15) is 5.56 Å². The summed E-state index contributed by atoms with van der Waals surface area (Å²) in [5.74, 6) is -1.03. The highest BCUT2D eigenvalue weighted by Crippen LogP contribution is 2.13. The number of aliphatic carboxylic acids is 1. The minimum absolute atomic E-state index is 0.0313. The summed E-state index contributed by atoms with van der Waals surface area (Å²) >= 11 is 0. The van der Waals surface area contributed by atoms with Crippen LogP contribution < -0.4 is 5.56 Å². The van der Waals surface area contributed by atoms with E-state index in [9.17, 15) is 14.7 Å². The van der Waals surface area contributed by atoms with E-state index in [2.05, 4.69) is 5.10 Å². The van der Waals surface area contributed by atoms with E-state index < -0.39 is 11.5 Å². The monoisotopic (exact) mass is 234 g/mol. The molecule has 6 nitrogen and oxygen atoms in total. The predicted molar refractivity (Wildman–Crippen MR) is 59.4 cm³/mol. The molecule has 0 radical (unpaired) electrons. The standard InChI is InChI=1S/C11H10N2O4/c14-9-3-1-2-8(5-9)13-11(17)7(6-12-13)4-10(15)16/h1-3,5-6,12,14H,4H2,(H,15,16). The molecular formula is C11H10N2O4. The first kappa shape index (κ1) is 11.0. The van der Waals surface area contributed by atoms with E-state index >= 15 is 0 Å². The van der Waals surface area contributed by atoms with Gasteiger partial charge in [0.05, 0.1) is 12.1 Å². The highest BCUT2D eigenvalue weighted by molar-refractivity contribution is 5.69. The lowest BCUT2D eigenvalue weighted by Crippen LogP contribution is -2.19. The molecule has 0 saturated carbocycles. The van der Waals surface area contributed by atoms with Gasteiger partial charge in [-0.3, -0.25) is 14.7 Å². The number of phenols is 1. The number of benzene rings is 1. The molecule has 0 unspecified atom stereocenters. The molecule has 0 saturated heterocycles. The van der Waals surface area contributed by atoms with Gasteiger partial charge in [-0.2, -0.15) is 0 Å². The fourth-order valence-electron chi connectivity index (χ4n) is 1.52. The number of aromatic amines is 1. The molecule has 0 fully saturated rings. The van der Waals surface area contributed by atoms with Crippen LogP contribution in [0, 0.1) is 0 Å². The number of carboxylic acids is 1. The highest BCUT2D eigenvalue weighted by atomic mass is 16.4. The van der Waals surface area contributed by atoms with E-state index in [0.29, 0.717) is 5.69 Å². The number of aromatic hydroxyl groups is 1. The molecule has 1 heterocycles. The molecule has 17 heavy (non-hydrogen) atoms. The van der Waals surface area contributed by atoms with Crippen molar-refractivity contribution in [2.24, 2.45) is 0 Å². The Bertz CT molecular complexity index is 612. The average Bonchev–Trinajstić information content (AvgIpc) is 2.60. The van der Waals surface area contributed by atoms with Gasteiger partial charge in [-0.05, 0) is 12.1 Å². The van der Waals surface area contributed by atoms with Crippen LogP contribution in [-0.2, 0) is 11.2 Å². The largest absolute Gasteiger partial charge is 0.508 e. The van der Waals surface area contributed by atoms with E-state index in [1.54, 1.807) is 12.1 Å². The fourth-order valence-corrected chi connectivity index (χ4v) is 1.52. The quantitative estimate of drug-likeness (QED) is 0.720. The summed E-state index contributed by atoms with van der Waals surface area (Å²) in [4.78, 5) is 22.3. The van der Waals surface area contributed by atoms with Crippen molar-refractivity contribution in [1.29, 1.82) is 0 Å². The number of H-pyrrole nitrogens is 1. The molecule has 0 bridgehead atoms. The summed E-state index contributed by atoms with van der Waals surface area (Å²) in [7, 11) is 0. The lowest BCUT2D eigenvalue weighted by molar-refractivity contribution is -0.136. The first-order chi connectivity index (χ1) is 8.08. The van der Waals surface area contributed by atoms with Gasteiger partial charge in [0.15, 0.2) is 0 Å². The van der Waals surface area contributed by atoms with Crippen molar-refractivity contribution in [1.82, 2.24) is 9.78 Å². The highest BCUT2D eigenvalue weighted by Gasteiger charge is 2.10. The zero-order chi connectivity index (χ0) is 12.4. The zero-order valence-corrected chi connectivity index (χ0v) is 8.75. The third-order valence-electron chi connectivity index (χ3n) is 2.28. The van der Waals surface area contributed by atoms with Gasteiger partial charge in [0, 0.05) is 17.8 Å². The lowest BCUT2D eigenvalue weighted by atomic mass is 10.2. The number of nitrogens with zero attached hydrogens (tertiary/aromatic N) is 1. The molecule has 3 N–H and O–H groups in total. The van der Waals surface area contributed by atoms with Crippen molar-refractivity contribution in [3.8, 4) is 11.4 Å². The summed E-state index contributed by atoms with van der Waals surface area (Å²) < 4.78 is 1.18. The van der Waals surface area contributed by atoms with Gasteiger partial charge in [-0.15, -0.1) is 0 Å². The van der Waals surface area contributed by atoms with E-state index in [1.165, 1.54) is 23.0 Å². The number of carboxylic acid groups (broad SMARTS) is 1. The van der Waals surface area contributed by atoms with Crippen LogP contribution >= 0.6 is 0 Å². The maximum atomic E-state index is 11.8. The minimum Gasteiger partial charge on any atom is -0.508 e. The number of carbonyl (C=O) groups is 1. The molecule has 6 heteroatoms. The zero-order valence-electron chi connectivity index (χ0n) is 8.75. The number of nitrogens with one attached hydrogen (secondary N) is 1. The Morgan fingerprint density at radius 3 is 2.82 bits per heavy atom. The van der Waals surface area contributed by atoms with E-state index in [0.717, 1.165) is 0 Å². The second-order valence-corrected chi connectivity index (χ2v) is 3.53. The Morgan fingerprint density at radius 2 is 2.18 bits per heavy atom. The van der Waals surface area contributed by atoms with Gasteiger partial charge in [-0.25, -0.2) is 4.68 Å². The molecule has 0 aliphatic rings. The second-order valence-electron chi connectivity index (χ2n) is 3.53. The molecule has 2 aromatic rings. The molecule has 1 aromatic heterocycles. The lowest BCUT2D eigenvalue weighted by Gasteiger charge is -2.01. The van der Waals surface area contributed by atoms with Crippen molar-refractivity contribution in [2.45, 2.75) is 6.42 Å². The van der Waals surface area contributed by atoms with Crippen LogP contribution in [0.4, 0.5) is 0 Å². The van der Waals surface area contributed by atoms with Crippen molar-refractivity contribution in [2.75, 3.05) is 0 Å². The Labute approximate surface area is 95.7 Å². The average molecular weight is 234 g/mol. The van der Waals surface area contributed by atoms with Crippen molar-refractivity contribution < 1.29 is 15.0 Å². The summed E-state index contributed by atoms with van der Waals surface area (Å²) in [6, 6.07) is 6.11. The second kappa shape index (κ2) is 4.17. The summed E-state index contributed by atoms with van der Waals surface area (Å²) in [6.07, 6.45) is 1.02. The van der Waals surface area contributed by atoms with Crippen LogP contribution in [0.25, 0.3) is 5.69 Å². The fraction of sp³-hybridized carbons (Fsp3) is 0.0909. The molecule has 0 aliphatic carbocycles. The summed E-state index contributed by atoms with van der Waals surface area (Å²) in [6.45, 7) is 0. The van der Waals surface area contributed by atoms with Crippen LogP contribution in [0.15, 0.2) is 35.3 Å². The van der Waals surface area contributed by atoms with Gasteiger partial charge in [0.1, 0.15) is 5.75 Å². The van der Waals surface area contributed by atoms with Crippen LogP contribution in [0.3, 0.4) is 0 Å². The van der Waals surface area contributed by atoms with E-state index in [4.69, 9.17) is 5.11 Å². The topological polar surface area (TPSA) is 95.3 Å². The van der Waals surface area contributed by atoms with Crippen LogP contribution in [0.5, 0.6) is 5.75 Å². The van der Waals surface area contributed by atoms with Crippen molar-refractivity contribution in [3.05, 3.63) is 46.4 Å². The number of phenolic OH excluding ortho intramolecular Hbond substituents is 1. The molecule has 0 aliphatic heterocycles. The van der Waals surface area contributed by atoms with Gasteiger partial charge < -0.3 is 10.2 Å². The summed E-state index contributed by atoms with van der Waals surface area (Å²) in [5, 5.41) is 20.6. The first-order valence-electron chi connectivity index (χ1n) is 4.88. The number of hydrogen-bond donors (Lipinski definition) is 3. The number of hydrogen-bond acceptors (Lipinski definition) is 3. The molecule has 1 aromatic carbocycles. The number of aromatic nitrogens is 2. The predicted octanol–water partition coefficient (Wildman–Crippen LogP) is 0.498. The van der Waals surface area contributed by atoms with Gasteiger partial charge in [0.2, 0.25) is 0 Å². The van der Waals surface area contributed by atoms with Crippen molar-refractivity contribution >= 4 is 5.97 Å². The van der Waals surface area contributed by atoms with Gasteiger partial charge in [-0.1, -0.05) is 6.07 Å². The third-order valence-corrected chi connectivity index (χ3v) is 2.28. The molecular weight excluding hydrogens is 224 g/mol. The number of rotatable bonds is 3. The Balaban J connectivity index is 2.44. The van der Waals surface area contributed by atoms with Crippen LogP contribution in [0.2, 0.25) is 0 Å². The van der Waals surface area contributed by atoms with Crippen LogP contribution in [-0.4, -0.2) is 26.0 Å². The molecule has 0 atom stereocenters. The van der Waals surface area contributed by atoms with E-state index in [1.807, 2.05) is 0 Å². The molecule has 0 spiro atoms. The Morgan fingerprint density at radius 1 is 1.41 bits per heavy atom. The Hall–Kier alpha value is -2.50. The third kappa shape index (κ3) is 2.20. The summed E-state index contributed by atoms with van der Waals surface area (Å²) in [5.41, 5.74) is 0.186. The Kier molecular flexibility index (Phi) is 2.70. The van der Waals surface area contributed by atoms with Gasteiger partial charge in [0.25, 0.3) is 5.56 Å². The normalized spacial score (nSPS) is 10.4.